The SMILES string of the molecule is O=[N+]([O-])c1ccccc1-c1ccc(CNCC2(O)CCCC2)o1. The van der Waals surface area contributed by atoms with E-state index in [0.717, 1.165) is 25.7 Å². The predicted molar refractivity (Wildman–Crippen MR) is 85.9 cm³/mol. The Kier molecular flexibility index (Phi) is 4.45. The Morgan fingerprint density at radius 3 is 2.70 bits per heavy atom. The van der Waals surface area contributed by atoms with E-state index >= 15 is 0 Å². The fourth-order valence-electron chi connectivity index (χ4n) is 3.09. The molecule has 0 atom stereocenters. The van der Waals surface area contributed by atoms with Gasteiger partial charge in [0.2, 0.25) is 0 Å². The first kappa shape index (κ1) is 15.7. The van der Waals surface area contributed by atoms with Gasteiger partial charge in [-0.3, -0.25) is 10.1 Å². The monoisotopic (exact) mass is 316 g/mol. The molecule has 1 aliphatic rings. The first-order chi connectivity index (χ1) is 11.1. The average Bonchev–Trinajstić information content (AvgIpc) is 3.17. The minimum Gasteiger partial charge on any atom is -0.459 e. The van der Waals surface area contributed by atoms with Crippen molar-refractivity contribution >= 4 is 5.69 Å². The van der Waals surface area contributed by atoms with Gasteiger partial charge < -0.3 is 14.8 Å². The molecule has 1 fully saturated rings. The Bertz CT molecular complexity index is 689. The van der Waals surface area contributed by atoms with Gasteiger partial charge in [0.25, 0.3) is 5.69 Å². The summed E-state index contributed by atoms with van der Waals surface area (Å²) in [5.41, 5.74) is -0.104. The van der Waals surface area contributed by atoms with Gasteiger partial charge in [0.1, 0.15) is 11.5 Å². The lowest BCUT2D eigenvalue weighted by atomic mass is 10.0. The van der Waals surface area contributed by atoms with Gasteiger partial charge in [0, 0.05) is 12.6 Å². The summed E-state index contributed by atoms with van der Waals surface area (Å²) in [5.74, 6) is 1.17. The molecule has 0 unspecified atom stereocenters. The van der Waals surface area contributed by atoms with Crippen molar-refractivity contribution < 1.29 is 14.4 Å². The number of hydrogen-bond acceptors (Lipinski definition) is 5. The summed E-state index contributed by atoms with van der Waals surface area (Å²) in [4.78, 5) is 10.7. The molecule has 0 amide bonds. The first-order valence-corrected chi connectivity index (χ1v) is 7.83. The second-order valence-electron chi connectivity index (χ2n) is 6.08. The molecule has 2 N–H and O–H groups in total. The number of para-hydroxylation sites is 1. The van der Waals surface area contributed by atoms with Crippen LogP contribution in [-0.2, 0) is 6.54 Å². The van der Waals surface area contributed by atoms with Gasteiger partial charge in [-0.2, -0.15) is 0 Å². The molecule has 122 valence electrons. The number of hydrogen-bond donors (Lipinski definition) is 2. The molecule has 6 nitrogen and oxygen atoms in total. The molecule has 23 heavy (non-hydrogen) atoms. The fraction of sp³-hybridized carbons (Fsp3) is 0.412. The van der Waals surface area contributed by atoms with Gasteiger partial charge in [-0.15, -0.1) is 0 Å². The highest BCUT2D eigenvalue weighted by Crippen LogP contribution is 2.31. The smallest absolute Gasteiger partial charge is 0.280 e. The van der Waals surface area contributed by atoms with Gasteiger partial charge in [0.15, 0.2) is 0 Å². The third-order valence-corrected chi connectivity index (χ3v) is 4.32. The van der Waals surface area contributed by atoms with Crippen LogP contribution < -0.4 is 5.32 Å². The molecule has 1 aromatic heterocycles. The van der Waals surface area contributed by atoms with Crippen molar-refractivity contribution in [3.8, 4) is 11.3 Å². The topological polar surface area (TPSA) is 88.5 Å². The highest BCUT2D eigenvalue weighted by atomic mass is 16.6. The number of aliphatic hydroxyl groups is 1. The number of nitro benzene ring substituents is 1. The number of nitrogens with zero attached hydrogens (tertiary/aromatic N) is 1. The molecule has 0 bridgehead atoms. The van der Waals surface area contributed by atoms with Crippen molar-refractivity contribution in [1.82, 2.24) is 5.32 Å². The minimum atomic E-state index is -0.604. The minimum absolute atomic E-state index is 0.0293. The van der Waals surface area contributed by atoms with E-state index in [9.17, 15) is 15.2 Å². The van der Waals surface area contributed by atoms with E-state index < -0.39 is 10.5 Å². The van der Waals surface area contributed by atoms with Crippen LogP contribution in [-0.4, -0.2) is 22.2 Å². The predicted octanol–water partition coefficient (Wildman–Crippen LogP) is 3.25. The Morgan fingerprint density at radius 2 is 1.96 bits per heavy atom. The van der Waals surface area contributed by atoms with Crippen LogP contribution >= 0.6 is 0 Å². The van der Waals surface area contributed by atoms with Crippen molar-refractivity contribution in [2.45, 2.75) is 37.8 Å². The maximum absolute atomic E-state index is 11.1. The largest absolute Gasteiger partial charge is 0.459 e. The molecule has 0 aliphatic heterocycles. The highest BCUT2D eigenvalue weighted by Gasteiger charge is 2.30. The number of furan rings is 1. The van der Waals surface area contributed by atoms with E-state index in [1.165, 1.54) is 6.07 Å². The zero-order chi connectivity index (χ0) is 16.3. The molecule has 1 aliphatic carbocycles. The standard InChI is InChI=1S/C17H20N2O4/c20-17(9-3-4-10-17)12-18-11-13-7-8-16(23-13)14-5-1-2-6-15(14)19(21)22/h1-2,5-8,18,20H,3-4,9-12H2. The normalized spacial score (nSPS) is 16.6. The Labute approximate surface area is 134 Å². The lowest BCUT2D eigenvalue weighted by Gasteiger charge is -2.22. The van der Waals surface area contributed by atoms with Crippen molar-refractivity contribution in [2.75, 3.05) is 6.54 Å². The molecule has 0 radical (unpaired) electrons. The third-order valence-electron chi connectivity index (χ3n) is 4.32. The first-order valence-electron chi connectivity index (χ1n) is 7.83. The number of nitro groups is 1. The van der Waals surface area contributed by atoms with Crippen LogP contribution in [0.25, 0.3) is 11.3 Å². The number of benzene rings is 1. The van der Waals surface area contributed by atoms with E-state index in [0.29, 0.717) is 30.2 Å². The van der Waals surface area contributed by atoms with Crippen LogP contribution in [0.1, 0.15) is 31.4 Å². The molecular formula is C17H20N2O4. The highest BCUT2D eigenvalue weighted by molar-refractivity contribution is 5.69. The van der Waals surface area contributed by atoms with E-state index in [4.69, 9.17) is 4.42 Å². The van der Waals surface area contributed by atoms with Crippen LogP contribution in [0.2, 0.25) is 0 Å². The summed E-state index contributed by atoms with van der Waals surface area (Å²) in [7, 11) is 0. The van der Waals surface area contributed by atoms with Crippen LogP contribution in [0.3, 0.4) is 0 Å². The molecule has 0 saturated heterocycles. The quantitative estimate of drug-likeness (QED) is 0.631. The van der Waals surface area contributed by atoms with Gasteiger partial charge in [0.05, 0.1) is 22.6 Å². The van der Waals surface area contributed by atoms with Crippen LogP contribution in [0.5, 0.6) is 0 Å². The second kappa shape index (κ2) is 6.52. The van der Waals surface area contributed by atoms with Crippen molar-refractivity contribution in [3.05, 3.63) is 52.3 Å². The van der Waals surface area contributed by atoms with Gasteiger partial charge in [-0.05, 0) is 31.0 Å². The molecule has 0 spiro atoms. The fourth-order valence-corrected chi connectivity index (χ4v) is 3.09. The van der Waals surface area contributed by atoms with E-state index in [-0.39, 0.29) is 5.69 Å². The summed E-state index contributed by atoms with van der Waals surface area (Å²) in [5, 5.41) is 24.6. The van der Waals surface area contributed by atoms with Crippen LogP contribution in [0, 0.1) is 10.1 Å². The zero-order valence-corrected chi connectivity index (χ0v) is 12.8. The summed E-state index contributed by atoms with van der Waals surface area (Å²) < 4.78 is 5.71. The van der Waals surface area contributed by atoms with Crippen LogP contribution in [0.15, 0.2) is 40.8 Å². The van der Waals surface area contributed by atoms with Crippen molar-refractivity contribution in [3.63, 3.8) is 0 Å². The van der Waals surface area contributed by atoms with Gasteiger partial charge in [-0.25, -0.2) is 0 Å². The summed E-state index contributed by atoms with van der Waals surface area (Å²) in [6, 6.07) is 10.1. The zero-order valence-electron chi connectivity index (χ0n) is 12.8. The lowest BCUT2D eigenvalue weighted by molar-refractivity contribution is -0.384. The van der Waals surface area contributed by atoms with Gasteiger partial charge in [-0.1, -0.05) is 25.0 Å². The van der Waals surface area contributed by atoms with E-state index in [1.807, 2.05) is 0 Å². The van der Waals surface area contributed by atoms with Crippen molar-refractivity contribution in [1.29, 1.82) is 0 Å². The third kappa shape index (κ3) is 3.60. The maximum atomic E-state index is 11.1. The van der Waals surface area contributed by atoms with Crippen LogP contribution in [0.4, 0.5) is 5.69 Å². The number of nitrogens with one attached hydrogen (secondary N) is 1. The average molecular weight is 316 g/mol. The lowest BCUT2D eigenvalue weighted by Crippen LogP contribution is -2.37. The maximum Gasteiger partial charge on any atom is 0.280 e. The number of rotatable bonds is 6. The van der Waals surface area contributed by atoms with Crippen molar-refractivity contribution in [2.24, 2.45) is 0 Å². The summed E-state index contributed by atoms with van der Waals surface area (Å²) in [6.45, 7) is 1.03. The summed E-state index contributed by atoms with van der Waals surface area (Å²) in [6.07, 6.45) is 3.81. The summed E-state index contributed by atoms with van der Waals surface area (Å²) >= 11 is 0. The molecule has 6 heteroatoms. The molecule has 1 heterocycles. The van der Waals surface area contributed by atoms with E-state index in [2.05, 4.69) is 5.32 Å². The van der Waals surface area contributed by atoms with Gasteiger partial charge >= 0.3 is 0 Å². The molecule has 2 aromatic rings. The molecule has 1 aromatic carbocycles. The molecular weight excluding hydrogens is 296 g/mol. The molecule has 3 rings (SSSR count). The Balaban J connectivity index is 1.65. The second-order valence-corrected chi connectivity index (χ2v) is 6.08. The Hall–Kier alpha value is -2.18. The Morgan fingerprint density at radius 1 is 1.22 bits per heavy atom. The molecule has 1 saturated carbocycles. The van der Waals surface area contributed by atoms with E-state index in [1.54, 1.807) is 30.3 Å².